The van der Waals surface area contributed by atoms with E-state index in [4.69, 9.17) is 14.2 Å². The Hall–Kier alpha value is -3.48. The lowest BCUT2D eigenvalue weighted by Gasteiger charge is -2.32. The first kappa shape index (κ1) is 32.4. The van der Waals surface area contributed by atoms with Gasteiger partial charge in [-0.1, -0.05) is 24.3 Å². The summed E-state index contributed by atoms with van der Waals surface area (Å²) in [5.74, 6) is -1.52. The van der Waals surface area contributed by atoms with Crippen molar-refractivity contribution in [1.29, 1.82) is 0 Å². The van der Waals surface area contributed by atoms with Crippen molar-refractivity contribution in [3.63, 3.8) is 0 Å². The van der Waals surface area contributed by atoms with Gasteiger partial charge in [0.1, 0.15) is 17.2 Å². The van der Waals surface area contributed by atoms with Crippen LogP contribution in [0, 0.1) is 12.7 Å². The van der Waals surface area contributed by atoms with Gasteiger partial charge in [-0.05, 0) is 75.9 Å². The summed E-state index contributed by atoms with van der Waals surface area (Å²) in [6, 6.07) is 13.4. The van der Waals surface area contributed by atoms with Crippen molar-refractivity contribution < 1.29 is 36.6 Å². The van der Waals surface area contributed by atoms with Crippen LogP contribution in [0.5, 0.6) is 5.75 Å². The number of carbonyl (C=O) groups is 2. The monoisotopic (exact) mass is 632 g/mol. The molecule has 0 bridgehead atoms. The third-order valence-corrected chi connectivity index (χ3v) is 9.95. The average Bonchev–Trinajstić information content (AvgIpc) is 3.26. The van der Waals surface area contributed by atoms with Crippen LogP contribution in [0.1, 0.15) is 54.4 Å². The second-order valence-electron chi connectivity index (χ2n) is 11.4. The Morgan fingerprint density at radius 1 is 1.09 bits per heavy atom. The summed E-state index contributed by atoms with van der Waals surface area (Å²) in [4.78, 5) is 25.9. The molecule has 12 heteroatoms. The molecule has 0 unspecified atom stereocenters. The zero-order valence-corrected chi connectivity index (χ0v) is 26.6. The minimum Gasteiger partial charge on any atom is -0.480 e. The van der Waals surface area contributed by atoms with Crippen LogP contribution in [-0.4, -0.2) is 63.1 Å². The molecule has 1 N–H and O–H groups in total. The molecule has 2 heterocycles. The maximum Gasteiger partial charge on any atom is 0.351 e. The third kappa shape index (κ3) is 8.55. The molecule has 1 aliphatic heterocycles. The molecule has 0 spiro atoms. The minimum atomic E-state index is -3.57. The van der Waals surface area contributed by atoms with Gasteiger partial charge in [-0.25, -0.2) is 26.7 Å². The van der Waals surface area contributed by atoms with Gasteiger partial charge in [0.25, 0.3) is 0 Å². The van der Waals surface area contributed by atoms with Gasteiger partial charge in [-0.2, -0.15) is 0 Å². The number of piperidine rings is 1. The summed E-state index contributed by atoms with van der Waals surface area (Å²) < 4.78 is 56.9. The summed E-state index contributed by atoms with van der Waals surface area (Å²) >= 11 is 1.22. The van der Waals surface area contributed by atoms with Crippen LogP contribution in [-0.2, 0) is 30.0 Å². The molecule has 0 radical (unpaired) electrons. The average molecular weight is 633 g/mol. The molecule has 1 fully saturated rings. The van der Waals surface area contributed by atoms with Crippen LogP contribution in [0.2, 0.25) is 0 Å². The molecule has 0 atom stereocenters. The quantitative estimate of drug-likeness (QED) is 0.280. The molecule has 0 aliphatic carbocycles. The first-order chi connectivity index (χ1) is 20.3. The van der Waals surface area contributed by atoms with E-state index in [1.165, 1.54) is 41.0 Å². The first-order valence-electron chi connectivity index (χ1n) is 13.9. The Morgan fingerprint density at radius 3 is 2.44 bits per heavy atom. The normalized spacial score (nSPS) is 14.7. The lowest BCUT2D eigenvalue weighted by molar-refractivity contribution is -0.157. The van der Waals surface area contributed by atoms with Gasteiger partial charge >= 0.3 is 11.9 Å². The highest BCUT2D eigenvalue weighted by molar-refractivity contribution is 7.88. The van der Waals surface area contributed by atoms with Crippen molar-refractivity contribution in [1.82, 2.24) is 4.31 Å². The number of sulfonamides is 1. The van der Waals surface area contributed by atoms with Crippen LogP contribution in [0.4, 0.5) is 10.1 Å². The number of esters is 2. The number of halogens is 1. The van der Waals surface area contributed by atoms with Crippen LogP contribution in [0.15, 0.2) is 48.5 Å². The fourth-order valence-corrected chi connectivity index (χ4v) is 7.59. The Balaban J connectivity index is 1.44. The van der Waals surface area contributed by atoms with Crippen LogP contribution >= 0.6 is 11.3 Å². The molecular weight excluding hydrogens is 595 g/mol. The molecule has 9 nitrogen and oxygen atoms in total. The minimum absolute atomic E-state index is 0.0543. The van der Waals surface area contributed by atoms with Crippen molar-refractivity contribution in [2.45, 2.75) is 57.9 Å². The highest BCUT2D eigenvalue weighted by Crippen LogP contribution is 2.42. The summed E-state index contributed by atoms with van der Waals surface area (Å²) in [5.41, 5.74) is 2.15. The highest BCUT2D eigenvalue weighted by Gasteiger charge is 2.29. The standard InChI is InChI=1S/C31H37FN2O7S2/c1-20-27(40-18-26(35)41-31(2,3)4)29(30(36)39-5)42-28(20)22-9-7-11-25(17-22)33-24-12-14-34(15-13-24)43(37,38)19-21-8-6-10-23(32)16-21/h6-11,16-17,24,33H,12-15,18-19H2,1-5H3. The molecule has 4 rings (SSSR count). The van der Waals surface area contributed by atoms with E-state index in [0.29, 0.717) is 37.1 Å². The third-order valence-electron chi connectivity index (χ3n) is 6.80. The maximum atomic E-state index is 13.5. The number of methoxy groups -OCH3 is 1. The number of nitrogens with zero attached hydrogens (tertiary/aromatic N) is 1. The molecule has 1 saturated heterocycles. The molecule has 0 saturated carbocycles. The van der Waals surface area contributed by atoms with Gasteiger partial charge in [0, 0.05) is 35.3 Å². The molecule has 232 valence electrons. The van der Waals surface area contributed by atoms with Gasteiger partial charge in [0.2, 0.25) is 10.0 Å². The van der Waals surface area contributed by atoms with E-state index in [-0.39, 0.29) is 29.0 Å². The Morgan fingerprint density at radius 2 is 1.79 bits per heavy atom. The number of rotatable bonds is 10. The Bertz CT molecular complexity index is 1570. The zero-order valence-electron chi connectivity index (χ0n) is 24.9. The smallest absolute Gasteiger partial charge is 0.351 e. The summed E-state index contributed by atoms with van der Waals surface area (Å²) in [5, 5.41) is 3.51. The highest BCUT2D eigenvalue weighted by atomic mass is 32.2. The van der Waals surface area contributed by atoms with Gasteiger partial charge in [-0.15, -0.1) is 11.3 Å². The number of hydrogen-bond acceptors (Lipinski definition) is 9. The van der Waals surface area contributed by atoms with E-state index < -0.39 is 33.4 Å². The number of hydrogen-bond donors (Lipinski definition) is 1. The Labute approximate surface area is 256 Å². The molecule has 1 aromatic heterocycles. The van der Waals surface area contributed by atoms with Gasteiger partial charge in [0.05, 0.1) is 12.9 Å². The van der Waals surface area contributed by atoms with Gasteiger partial charge < -0.3 is 19.5 Å². The fraction of sp³-hybridized carbons (Fsp3) is 0.419. The number of carbonyl (C=O) groups excluding carboxylic acids is 2. The summed E-state index contributed by atoms with van der Waals surface area (Å²) in [6.07, 6.45) is 1.22. The first-order valence-corrected chi connectivity index (χ1v) is 16.3. The van der Waals surface area contributed by atoms with Crippen LogP contribution in [0.25, 0.3) is 10.4 Å². The van der Waals surface area contributed by atoms with E-state index in [1.807, 2.05) is 31.2 Å². The predicted octanol–water partition coefficient (Wildman–Crippen LogP) is 5.78. The van der Waals surface area contributed by atoms with Crippen molar-refractivity contribution in [2.75, 3.05) is 32.1 Å². The summed E-state index contributed by atoms with van der Waals surface area (Å²) in [6.45, 7) is 7.49. The number of anilines is 1. The largest absolute Gasteiger partial charge is 0.480 e. The molecule has 43 heavy (non-hydrogen) atoms. The Kier molecular flexibility index (Phi) is 10.1. The second kappa shape index (κ2) is 13.4. The maximum absolute atomic E-state index is 13.5. The zero-order chi connectivity index (χ0) is 31.4. The SMILES string of the molecule is COC(=O)c1sc(-c2cccc(NC3CCN(S(=O)(=O)Cc4cccc(F)c4)CC3)c2)c(C)c1OCC(=O)OC(C)(C)C. The van der Waals surface area contributed by atoms with Crippen molar-refractivity contribution >= 4 is 39.0 Å². The van der Waals surface area contributed by atoms with E-state index in [1.54, 1.807) is 26.8 Å². The van der Waals surface area contributed by atoms with Crippen molar-refractivity contribution in [2.24, 2.45) is 0 Å². The molecule has 3 aromatic rings. The van der Waals surface area contributed by atoms with Crippen LogP contribution in [0.3, 0.4) is 0 Å². The predicted molar refractivity (Wildman–Crippen MR) is 164 cm³/mol. The van der Waals surface area contributed by atoms with E-state index >= 15 is 0 Å². The molecule has 2 aromatic carbocycles. The lowest BCUT2D eigenvalue weighted by Crippen LogP contribution is -2.42. The molecule has 1 aliphatic rings. The number of benzene rings is 2. The number of nitrogens with one attached hydrogen (secondary N) is 1. The van der Waals surface area contributed by atoms with Crippen LogP contribution < -0.4 is 10.1 Å². The van der Waals surface area contributed by atoms with Crippen molar-refractivity contribution in [3.8, 4) is 16.2 Å². The number of thiophene rings is 1. The van der Waals surface area contributed by atoms with E-state index in [9.17, 15) is 22.4 Å². The lowest BCUT2D eigenvalue weighted by atomic mass is 10.0. The van der Waals surface area contributed by atoms with E-state index in [0.717, 1.165) is 16.1 Å². The van der Waals surface area contributed by atoms with E-state index in [2.05, 4.69) is 5.32 Å². The molecule has 0 amide bonds. The van der Waals surface area contributed by atoms with Crippen molar-refractivity contribution in [3.05, 3.63) is 70.4 Å². The van der Waals surface area contributed by atoms with Gasteiger partial charge in [-0.3, -0.25) is 0 Å². The summed E-state index contributed by atoms with van der Waals surface area (Å²) in [7, 11) is -2.28. The van der Waals surface area contributed by atoms with Gasteiger partial charge in [0.15, 0.2) is 11.5 Å². The topological polar surface area (TPSA) is 111 Å². The number of ether oxygens (including phenoxy) is 3. The fourth-order valence-electron chi connectivity index (χ4n) is 4.87. The molecular formula is C31H37FN2O7S2. The second-order valence-corrected chi connectivity index (χ2v) is 14.4.